The van der Waals surface area contributed by atoms with Crippen LogP contribution in [0.3, 0.4) is 0 Å². The van der Waals surface area contributed by atoms with Crippen LogP contribution in [0.2, 0.25) is 0 Å². The van der Waals surface area contributed by atoms with Crippen LogP contribution < -0.4 is 14.2 Å². The molecular weight excluding hydrogens is 478 g/mol. The fraction of sp³-hybridized carbons (Fsp3) is 0.111. The highest BCUT2D eigenvalue weighted by Gasteiger charge is 2.16. The predicted octanol–water partition coefficient (Wildman–Crippen LogP) is 6.01. The first-order valence-electron chi connectivity index (χ1n) is 11.2. The first kappa shape index (κ1) is 23.4. The molecule has 9 heteroatoms. The summed E-state index contributed by atoms with van der Waals surface area (Å²) in [6.45, 7) is 1.58. The largest absolute Gasteiger partial charge is 0.493 e. The lowest BCUT2D eigenvalue weighted by molar-refractivity contribution is 0.379. The second-order valence-electron chi connectivity index (χ2n) is 7.87. The van der Waals surface area contributed by atoms with Gasteiger partial charge in [-0.25, -0.2) is 13.4 Å². The molecule has 182 valence electrons. The maximum absolute atomic E-state index is 12.1. The Balaban J connectivity index is 1.56. The summed E-state index contributed by atoms with van der Waals surface area (Å²) < 4.78 is 41.9. The van der Waals surface area contributed by atoms with Gasteiger partial charge in [-0.2, -0.15) is 0 Å². The van der Waals surface area contributed by atoms with Gasteiger partial charge in [0.15, 0.2) is 32.1 Å². The molecule has 3 aromatic heterocycles. The van der Waals surface area contributed by atoms with E-state index < -0.39 is 9.84 Å². The van der Waals surface area contributed by atoms with Gasteiger partial charge in [0.2, 0.25) is 0 Å². The highest BCUT2D eigenvalue weighted by atomic mass is 32.2. The zero-order chi connectivity index (χ0) is 25.1. The van der Waals surface area contributed by atoms with Crippen LogP contribution in [0.1, 0.15) is 6.92 Å². The third-order valence-corrected chi connectivity index (χ3v) is 7.18. The van der Waals surface area contributed by atoms with E-state index in [9.17, 15) is 8.42 Å². The van der Waals surface area contributed by atoms with Gasteiger partial charge in [0, 0.05) is 17.6 Å². The Labute approximate surface area is 208 Å². The number of aromatic amines is 1. The molecule has 0 aliphatic heterocycles. The van der Waals surface area contributed by atoms with Gasteiger partial charge in [-0.05, 0) is 48.5 Å². The summed E-state index contributed by atoms with van der Waals surface area (Å²) in [4.78, 5) is 11.9. The number of hydrogen-bond donors (Lipinski definition) is 1. The number of nitrogens with zero attached hydrogens (tertiary/aromatic N) is 2. The zero-order valence-electron chi connectivity index (χ0n) is 19.6. The molecule has 0 aliphatic carbocycles. The molecule has 0 saturated heterocycles. The van der Waals surface area contributed by atoms with E-state index in [1.165, 1.54) is 12.3 Å². The third-order valence-electron chi connectivity index (χ3n) is 5.54. The van der Waals surface area contributed by atoms with Crippen molar-refractivity contribution in [2.45, 2.75) is 11.9 Å². The molecule has 0 fully saturated rings. The first-order valence-corrected chi connectivity index (χ1v) is 12.9. The molecule has 3 heterocycles. The van der Waals surface area contributed by atoms with Crippen molar-refractivity contribution in [3.05, 3.63) is 85.2 Å². The van der Waals surface area contributed by atoms with Crippen molar-refractivity contribution in [2.75, 3.05) is 12.9 Å². The van der Waals surface area contributed by atoms with E-state index in [2.05, 4.69) is 15.0 Å². The van der Waals surface area contributed by atoms with E-state index in [-0.39, 0.29) is 10.8 Å². The minimum atomic E-state index is -3.40. The SMILES string of the molecule is CCS(=O)(=O)c1ccc(Oc2cc(Oc3ccccc3OC)c3[nH]c(-c4ccccn4)cc3c2)cn1. The molecule has 1 N–H and O–H groups in total. The average molecular weight is 502 g/mol. The third kappa shape index (κ3) is 4.73. The molecule has 5 rings (SSSR count). The number of ether oxygens (including phenoxy) is 3. The van der Waals surface area contributed by atoms with Gasteiger partial charge in [-0.1, -0.05) is 25.1 Å². The van der Waals surface area contributed by atoms with Gasteiger partial charge in [-0.15, -0.1) is 0 Å². The summed E-state index contributed by atoms with van der Waals surface area (Å²) in [6, 6.07) is 21.7. The van der Waals surface area contributed by atoms with Crippen molar-refractivity contribution in [2.24, 2.45) is 0 Å². The smallest absolute Gasteiger partial charge is 0.195 e. The van der Waals surface area contributed by atoms with Gasteiger partial charge in [0.05, 0.1) is 36.0 Å². The second-order valence-corrected chi connectivity index (χ2v) is 10.1. The van der Waals surface area contributed by atoms with Crippen LogP contribution in [0.25, 0.3) is 22.3 Å². The summed E-state index contributed by atoms with van der Waals surface area (Å²) in [5, 5.41) is 0.856. The van der Waals surface area contributed by atoms with Gasteiger partial charge in [-0.3, -0.25) is 4.98 Å². The van der Waals surface area contributed by atoms with E-state index in [1.54, 1.807) is 32.4 Å². The number of benzene rings is 2. The summed E-state index contributed by atoms with van der Waals surface area (Å²) in [6.07, 6.45) is 3.13. The molecule has 0 aliphatic rings. The Morgan fingerprint density at radius 2 is 1.64 bits per heavy atom. The molecule has 0 unspecified atom stereocenters. The summed E-state index contributed by atoms with van der Waals surface area (Å²) >= 11 is 0. The number of rotatable bonds is 8. The van der Waals surface area contributed by atoms with Gasteiger partial charge >= 0.3 is 0 Å². The lowest BCUT2D eigenvalue weighted by atomic mass is 10.2. The quantitative estimate of drug-likeness (QED) is 0.278. The number of fused-ring (bicyclic) bond motifs is 1. The summed E-state index contributed by atoms with van der Waals surface area (Å²) in [5.41, 5.74) is 2.37. The molecule has 5 aromatic rings. The fourth-order valence-corrected chi connectivity index (χ4v) is 4.49. The van der Waals surface area contributed by atoms with E-state index >= 15 is 0 Å². The first-order chi connectivity index (χ1) is 17.5. The van der Waals surface area contributed by atoms with E-state index in [1.807, 2.05) is 54.6 Å². The Hall–Kier alpha value is -4.37. The van der Waals surface area contributed by atoms with Crippen LogP contribution >= 0.6 is 0 Å². The number of sulfone groups is 1. The van der Waals surface area contributed by atoms with Crippen molar-refractivity contribution < 1.29 is 22.6 Å². The van der Waals surface area contributed by atoms with Crippen LogP contribution in [0.15, 0.2) is 90.2 Å². The molecule has 0 bridgehead atoms. The number of nitrogens with one attached hydrogen (secondary N) is 1. The van der Waals surface area contributed by atoms with Gasteiger partial charge in [0.1, 0.15) is 11.5 Å². The molecule has 0 spiro atoms. The predicted molar refractivity (Wildman–Crippen MR) is 137 cm³/mol. The Morgan fingerprint density at radius 3 is 2.33 bits per heavy atom. The molecule has 0 amide bonds. The lowest BCUT2D eigenvalue weighted by Gasteiger charge is -2.13. The van der Waals surface area contributed by atoms with E-state index in [0.29, 0.717) is 28.7 Å². The van der Waals surface area contributed by atoms with E-state index in [0.717, 1.165) is 22.3 Å². The minimum Gasteiger partial charge on any atom is -0.493 e. The van der Waals surface area contributed by atoms with Crippen LogP contribution in [0.4, 0.5) is 0 Å². The topological polar surface area (TPSA) is 103 Å². The Kier molecular flexibility index (Phi) is 6.30. The molecule has 2 aromatic carbocycles. The molecule has 0 saturated carbocycles. The molecule has 0 radical (unpaired) electrons. The molecule has 0 atom stereocenters. The molecular formula is C27H23N3O5S. The van der Waals surface area contributed by atoms with Crippen molar-refractivity contribution in [1.82, 2.24) is 15.0 Å². The van der Waals surface area contributed by atoms with Crippen LogP contribution in [-0.4, -0.2) is 36.2 Å². The molecule has 8 nitrogen and oxygen atoms in total. The second kappa shape index (κ2) is 9.71. The number of para-hydroxylation sites is 2. The van der Waals surface area contributed by atoms with Crippen molar-refractivity contribution in [3.63, 3.8) is 0 Å². The van der Waals surface area contributed by atoms with E-state index in [4.69, 9.17) is 14.2 Å². The summed E-state index contributed by atoms with van der Waals surface area (Å²) in [7, 11) is -1.81. The maximum atomic E-state index is 12.1. The van der Waals surface area contributed by atoms with Gasteiger partial charge < -0.3 is 19.2 Å². The zero-order valence-corrected chi connectivity index (χ0v) is 20.5. The van der Waals surface area contributed by atoms with Crippen molar-refractivity contribution in [1.29, 1.82) is 0 Å². The van der Waals surface area contributed by atoms with Gasteiger partial charge in [0.25, 0.3) is 0 Å². The monoisotopic (exact) mass is 501 g/mol. The average Bonchev–Trinajstić information content (AvgIpc) is 3.34. The minimum absolute atomic E-state index is 0.0126. The highest BCUT2D eigenvalue weighted by molar-refractivity contribution is 7.91. The number of pyridine rings is 2. The molecule has 36 heavy (non-hydrogen) atoms. The lowest BCUT2D eigenvalue weighted by Crippen LogP contribution is -2.05. The summed E-state index contributed by atoms with van der Waals surface area (Å²) in [5.74, 6) is 2.52. The highest BCUT2D eigenvalue weighted by Crippen LogP contribution is 2.39. The number of H-pyrrole nitrogens is 1. The van der Waals surface area contributed by atoms with Crippen molar-refractivity contribution >= 4 is 20.7 Å². The maximum Gasteiger partial charge on any atom is 0.195 e. The van der Waals surface area contributed by atoms with Crippen LogP contribution in [0.5, 0.6) is 28.7 Å². The van der Waals surface area contributed by atoms with Crippen molar-refractivity contribution in [3.8, 4) is 40.1 Å². The normalized spacial score (nSPS) is 11.4. The number of methoxy groups -OCH3 is 1. The Bertz CT molecular complexity index is 1620. The fourth-order valence-electron chi connectivity index (χ4n) is 3.70. The van der Waals surface area contributed by atoms with Crippen LogP contribution in [0, 0.1) is 0 Å². The standard InChI is InChI=1S/C27H23N3O5S/c1-3-36(31,32)26-12-11-19(17-29-26)34-20-14-18-15-22(21-8-6-7-13-28-21)30-27(18)25(16-20)35-24-10-5-4-9-23(24)33-2/h4-17,30H,3H2,1-2H3. The number of aromatic nitrogens is 3. The number of hydrogen-bond acceptors (Lipinski definition) is 7. The van der Waals surface area contributed by atoms with Crippen LogP contribution in [-0.2, 0) is 9.84 Å². The Morgan fingerprint density at radius 1 is 0.833 bits per heavy atom.